The van der Waals surface area contributed by atoms with Crippen molar-refractivity contribution in [2.45, 2.75) is 75.8 Å². The number of imide groups is 1. The molecule has 1 unspecified atom stereocenters. The van der Waals surface area contributed by atoms with Crippen LogP contribution < -0.4 is 10.1 Å². The van der Waals surface area contributed by atoms with Crippen molar-refractivity contribution in [3.05, 3.63) is 29.3 Å². The lowest BCUT2D eigenvalue weighted by Gasteiger charge is -2.45. The number of fused-ring (bicyclic) bond motifs is 1. The zero-order valence-electron chi connectivity index (χ0n) is 18.5. The van der Waals surface area contributed by atoms with Gasteiger partial charge in [-0.15, -0.1) is 0 Å². The minimum atomic E-state index is -0.594. The van der Waals surface area contributed by atoms with Crippen molar-refractivity contribution in [3.63, 3.8) is 0 Å². The number of rotatable bonds is 5. The first-order chi connectivity index (χ1) is 15.5. The minimum absolute atomic E-state index is 0.122. The van der Waals surface area contributed by atoms with Crippen LogP contribution in [0.5, 0.6) is 5.75 Å². The second-order valence-corrected chi connectivity index (χ2v) is 9.39. The van der Waals surface area contributed by atoms with Gasteiger partial charge in [-0.2, -0.15) is 0 Å². The Morgan fingerprint density at radius 2 is 1.84 bits per heavy atom. The van der Waals surface area contributed by atoms with Gasteiger partial charge in [-0.1, -0.05) is 12.8 Å². The van der Waals surface area contributed by atoms with Crippen LogP contribution in [-0.2, 0) is 20.9 Å². The second kappa shape index (κ2) is 8.83. The highest BCUT2D eigenvalue weighted by Crippen LogP contribution is 2.33. The first kappa shape index (κ1) is 21.4. The molecule has 3 atom stereocenters. The summed E-state index contributed by atoms with van der Waals surface area (Å²) in [6.45, 7) is 2.29. The van der Waals surface area contributed by atoms with Crippen LogP contribution in [0, 0.1) is 0 Å². The quantitative estimate of drug-likeness (QED) is 0.554. The van der Waals surface area contributed by atoms with Crippen LogP contribution in [0.3, 0.4) is 0 Å². The van der Waals surface area contributed by atoms with Gasteiger partial charge >= 0.3 is 0 Å². The lowest BCUT2D eigenvalue weighted by atomic mass is 9.98. The van der Waals surface area contributed by atoms with E-state index in [0.29, 0.717) is 30.7 Å². The highest BCUT2D eigenvalue weighted by Gasteiger charge is 2.40. The van der Waals surface area contributed by atoms with Crippen molar-refractivity contribution in [3.8, 4) is 5.75 Å². The Balaban J connectivity index is 1.29. The third-order valence-corrected chi connectivity index (χ3v) is 7.38. The van der Waals surface area contributed by atoms with E-state index >= 15 is 0 Å². The number of carbonyl (C=O) groups is 3. The normalized spacial score (nSPS) is 29.3. The average molecular weight is 442 g/mol. The zero-order chi connectivity index (χ0) is 22.2. The summed E-state index contributed by atoms with van der Waals surface area (Å²) < 4.78 is 12.0. The van der Waals surface area contributed by atoms with Gasteiger partial charge < -0.3 is 14.4 Å². The van der Waals surface area contributed by atoms with Crippen LogP contribution in [-0.4, -0.2) is 72.0 Å². The SMILES string of the molecule is COC1CN([C@@H]2CCCCC[C@H]2Oc2ccc3c(c2)CN(C2CCC(=O)NC2=O)C3=O)C1. The summed E-state index contributed by atoms with van der Waals surface area (Å²) in [7, 11) is 1.77. The highest BCUT2D eigenvalue weighted by atomic mass is 16.5. The van der Waals surface area contributed by atoms with E-state index in [-0.39, 0.29) is 30.2 Å². The first-order valence-electron chi connectivity index (χ1n) is 11.7. The molecule has 5 rings (SSSR count). The van der Waals surface area contributed by atoms with Crippen LogP contribution in [0.4, 0.5) is 0 Å². The third kappa shape index (κ3) is 4.01. The van der Waals surface area contributed by atoms with Crippen LogP contribution in [0.2, 0.25) is 0 Å². The smallest absolute Gasteiger partial charge is 0.255 e. The number of hydrogen-bond acceptors (Lipinski definition) is 6. The molecule has 1 aliphatic carbocycles. The van der Waals surface area contributed by atoms with E-state index in [4.69, 9.17) is 9.47 Å². The van der Waals surface area contributed by atoms with Crippen LogP contribution in [0.15, 0.2) is 18.2 Å². The maximum atomic E-state index is 12.9. The predicted molar refractivity (Wildman–Crippen MR) is 116 cm³/mol. The molecule has 8 nitrogen and oxygen atoms in total. The molecule has 0 radical (unpaired) electrons. The predicted octanol–water partition coefficient (Wildman–Crippen LogP) is 1.86. The van der Waals surface area contributed by atoms with Gasteiger partial charge in [-0.25, -0.2) is 0 Å². The van der Waals surface area contributed by atoms with Gasteiger partial charge in [0.05, 0.1) is 6.10 Å². The molecule has 3 amide bonds. The molecule has 172 valence electrons. The maximum absolute atomic E-state index is 12.9. The molecular formula is C24H31N3O5. The van der Waals surface area contributed by atoms with E-state index in [1.165, 1.54) is 12.8 Å². The summed E-state index contributed by atoms with van der Waals surface area (Å²) in [6.07, 6.45) is 6.85. The Morgan fingerprint density at radius 1 is 1.03 bits per heavy atom. The topological polar surface area (TPSA) is 88.2 Å². The number of methoxy groups -OCH3 is 1. The standard InChI is InChI=1S/C24H31N3O5/c1-31-17-13-26(14-17)19-5-3-2-4-6-21(19)32-16-7-8-18-15(11-16)12-27(24(18)30)20-9-10-22(28)25-23(20)29/h7-8,11,17,19-21H,2-6,9-10,12-14H2,1H3,(H,25,28,29)/t19-,20?,21-/m1/s1. The number of ether oxygens (including phenoxy) is 2. The summed E-state index contributed by atoms with van der Waals surface area (Å²) in [5.41, 5.74) is 1.50. The Bertz CT molecular complexity index is 913. The van der Waals surface area contributed by atoms with E-state index in [0.717, 1.165) is 43.7 Å². The number of carbonyl (C=O) groups excluding carboxylic acids is 3. The molecule has 3 heterocycles. The van der Waals surface area contributed by atoms with Gasteiger partial charge in [-0.05, 0) is 49.4 Å². The summed E-state index contributed by atoms with van der Waals surface area (Å²) in [4.78, 5) is 40.7. The van der Waals surface area contributed by atoms with Crippen LogP contribution in [0.25, 0.3) is 0 Å². The fraction of sp³-hybridized carbons (Fsp3) is 0.625. The molecule has 2 saturated heterocycles. The van der Waals surface area contributed by atoms with Crippen molar-refractivity contribution >= 4 is 17.7 Å². The van der Waals surface area contributed by atoms with Crippen molar-refractivity contribution in [1.29, 1.82) is 0 Å². The lowest BCUT2D eigenvalue weighted by molar-refractivity contribution is -0.136. The Hall–Kier alpha value is -2.45. The molecule has 1 N–H and O–H groups in total. The number of nitrogens with zero attached hydrogens (tertiary/aromatic N) is 2. The molecule has 1 aromatic carbocycles. The largest absolute Gasteiger partial charge is 0.489 e. The van der Waals surface area contributed by atoms with E-state index in [1.807, 2.05) is 18.2 Å². The van der Waals surface area contributed by atoms with Gasteiger partial charge in [0.1, 0.15) is 17.9 Å². The number of benzene rings is 1. The third-order valence-electron chi connectivity index (χ3n) is 7.38. The number of nitrogens with one attached hydrogen (secondary N) is 1. The second-order valence-electron chi connectivity index (χ2n) is 9.39. The van der Waals surface area contributed by atoms with Crippen molar-refractivity contribution in [1.82, 2.24) is 15.1 Å². The summed E-state index contributed by atoms with van der Waals surface area (Å²) in [6, 6.07) is 5.44. The Kier molecular flexibility index (Phi) is 5.90. The number of hydrogen-bond donors (Lipinski definition) is 1. The van der Waals surface area contributed by atoms with E-state index in [2.05, 4.69) is 10.2 Å². The number of piperidine rings is 1. The molecule has 4 aliphatic rings. The first-order valence-corrected chi connectivity index (χ1v) is 11.7. The number of amides is 3. The maximum Gasteiger partial charge on any atom is 0.255 e. The van der Waals surface area contributed by atoms with Gasteiger partial charge in [-0.3, -0.25) is 24.6 Å². The summed E-state index contributed by atoms with van der Waals surface area (Å²) in [5.74, 6) is -0.0332. The molecule has 8 heteroatoms. The molecular weight excluding hydrogens is 410 g/mol. The monoisotopic (exact) mass is 441 g/mol. The Labute approximate surface area is 188 Å². The van der Waals surface area contributed by atoms with Crippen LogP contribution in [0.1, 0.15) is 60.9 Å². The molecule has 1 aromatic rings. The fourth-order valence-corrected chi connectivity index (χ4v) is 5.50. The van der Waals surface area contributed by atoms with Crippen LogP contribution >= 0.6 is 0 Å². The molecule has 0 bridgehead atoms. The molecule has 0 aromatic heterocycles. The van der Waals surface area contributed by atoms with Crippen molar-refractivity contribution < 1.29 is 23.9 Å². The average Bonchev–Trinajstić information content (AvgIpc) is 2.90. The van der Waals surface area contributed by atoms with Gasteiger partial charge in [0.2, 0.25) is 11.8 Å². The molecule has 3 aliphatic heterocycles. The molecule has 0 spiro atoms. The summed E-state index contributed by atoms with van der Waals surface area (Å²) >= 11 is 0. The van der Waals surface area contributed by atoms with Gasteiger partial charge in [0.15, 0.2) is 0 Å². The summed E-state index contributed by atoms with van der Waals surface area (Å²) in [5, 5.41) is 2.35. The van der Waals surface area contributed by atoms with Crippen molar-refractivity contribution in [2.75, 3.05) is 20.2 Å². The Morgan fingerprint density at radius 3 is 2.62 bits per heavy atom. The van der Waals surface area contributed by atoms with Gasteiger partial charge in [0, 0.05) is 44.8 Å². The van der Waals surface area contributed by atoms with E-state index < -0.39 is 6.04 Å². The zero-order valence-corrected chi connectivity index (χ0v) is 18.5. The molecule has 32 heavy (non-hydrogen) atoms. The number of likely N-dealkylation sites (tertiary alicyclic amines) is 1. The lowest BCUT2D eigenvalue weighted by Crippen LogP contribution is -2.59. The molecule has 3 fully saturated rings. The fourth-order valence-electron chi connectivity index (χ4n) is 5.50. The highest BCUT2D eigenvalue weighted by molar-refractivity contribution is 6.05. The van der Waals surface area contributed by atoms with Crippen molar-refractivity contribution in [2.24, 2.45) is 0 Å². The van der Waals surface area contributed by atoms with Gasteiger partial charge in [0.25, 0.3) is 5.91 Å². The van der Waals surface area contributed by atoms with E-state index in [9.17, 15) is 14.4 Å². The van der Waals surface area contributed by atoms with E-state index in [1.54, 1.807) is 12.0 Å². The molecule has 1 saturated carbocycles. The minimum Gasteiger partial charge on any atom is -0.489 e.